The van der Waals surface area contributed by atoms with E-state index in [4.69, 9.17) is 4.74 Å². The van der Waals surface area contributed by atoms with Crippen LogP contribution in [0, 0.1) is 0 Å². The van der Waals surface area contributed by atoms with E-state index in [1.54, 1.807) is 6.20 Å². The number of aromatic nitrogens is 2. The van der Waals surface area contributed by atoms with Crippen LogP contribution in [-0.4, -0.2) is 23.0 Å². The van der Waals surface area contributed by atoms with Gasteiger partial charge in [0.2, 0.25) is 0 Å². The zero-order chi connectivity index (χ0) is 12.6. The Morgan fingerprint density at radius 3 is 2.72 bits per heavy atom. The number of esters is 1. The second-order valence-electron chi connectivity index (χ2n) is 5.36. The minimum Gasteiger partial charge on any atom is -0.468 e. The van der Waals surface area contributed by atoms with Crippen LogP contribution in [0.4, 0.5) is 0 Å². The topological polar surface area (TPSA) is 52.1 Å². The number of nitrogens with zero attached hydrogens (tertiary/aromatic N) is 2. The van der Waals surface area contributed by atoms with Crippen molar-refractivity contribution in [2.45, 2.75) is 49.9 Å². The van der Waals surface area contributed by atoms with Crippen molar-refractivity contribution in [2.24, 2.45) is 0 Å². The van der Waals surface area contributed by atoms with Gasteiger partial charge in [0.25, 0.3) is 0 Å². The van der Waals surface area contributed by atoms with E-state index in [1.807, 2.05) is 6.07 Å². The largest absolute Gasteiger partial charge is 0.468 e. The lowest BCUT2D eigenvalue weighted by molar-refractivity contribution is -0.143. The van der Waals surface area contributed by atoms with Gasteiger partial charge in [-0.3, -0.25) is 4.79 Å². The molecule has 3 rings (SSSR count). The van der Waals surface area contributed by atoms with Gasteiger partial charge < -0.3 is 4.74 Å². The minimum atomic E-state index is -0.538. The van der Waals surface area contributed by atoms with Crippen molar-refractivity contribution in [3.63, 3.8) is 0 Å². The Labute approximate surface area is 107 Å². The number of ether oxygens (including phenoxy) is 1. The molecule has 1 aromatic rings. The highest BCUT2D eigenvalue weighted by molar-refractivity contribution is 5.85. The van der Waals surface area contributed by atoms with Crippen molar-refractivity contribution in [3.8, 4) is 0 Å². The molecule has 1 aromatic heterocycles. The third-order valence-corrected chi connectivity index (χ3v) is 4.20. The van der Waals surface area contributed by atoms with Gasteiger partial charge in [-0.2, -0.15) is 0 Å². The summed E-state index contributed by atoms with van der Waals surface area (Å²) in [5.74, 6) is 1.03. The van der Waals surface area contributed by atoms with Crippen LogP contribution in [-0.2, 0) is 14.9 Å². The summed E-state index contributed by atoms with van der Waals surface area (Å²) < 4.78 is 4.88. The predicted octanol–water partition coefficient (Wildman–Crippen LogP) is 2.34. The van der Waals surface area contributed by atoms with Gasteiger partial charge in [-0.25, -0.2) is 9.97 Å². The first-order valence-corrected chi connectivity index (χ1v) is 6.68. The number of hydrogen-bond acceptors (Lipinski definition) is 4. The molecule has 96 valence electrons. The van der Waals surface area contributed by atoms with Crippen LogP contribution in [0.5, 0.6) is 0 Å². The van der Waals surface area contributed by atoms with E-state index >= 15 is 0 Å². The summed E-state index contributed by atoms with van der Waals surface area (Å²) in [7, 11) is 1.43. The standard InChI is InChI=1S/C14H18N2O2/c1-18-13(17)14(7-8-14)12-15-9-6-11(16-12)10-4-2-3-5-10/h6,9-10H,2-5,7-8H2,1H3. The lowest BCUT2D eigenvalue weighted by Gasteiger charge is -2.14. The number of methoxy groups -OCH3 is 1. The lowest BCUT2D eigenvalue weighted by Crippen LogP contribution is -2.25. The normalized spacial score (nSPS) is 21.8. The van der Waals surface area contributed by atoms with E-state index in [0.29, 0.717) is 11.7 Å². The molecule has 0 N–H and O–H groups in total. The summed E-state index contributed by atoms with van der Waals surface area (Å²) in [6, 6.07) is 1.99. The molecule has 2 aliphatic rings. The van der Waals surface area contributed by atoms with E-state index < -0.39 is 5.41 Å². The Bertz CT molecular complexity index is 463. The van der Waals surface area contributed by atoms with Gasteiger partial charge in [0.15, 0.2) is 0 Å². The lowest BCUT2D eigenvalue weighted by atomic mass is 10.0. The third-order valence-electron chi connectivity index (χ3n) is 4.20. The van der Waals surface area contributed by atoms with Gasteiger partial charge in [-0.15, -0.1) is 0 Å². The molecular weight excluding hydrogens is 228 g/mol. The average molecular weight is 246 g/mol. The molecule has 0 atom stereocenters. The number of hydrogen-bond donors (Lipinski definition) is 0. The van der Waals surface area contributed by atoms with Gasteiger partial charge in [-0.1, -0.05) is 12.8 Å². The fraction of sp³-hybridized carbons (Fsp3) is 0.643. The summed E-state index contributed by atoms with van der Waals surface area (Å²) in [6.45, 7) is 0. The molecule has 1 heterocycles. The Kier molecular flexibility index (Phi) is 2.80. The number of carbonyl (C=O) groups excluding carboxylic acids is 1. The van der Waals surface area contributed by atoms with Crippen molar-refractivity contribution in [2.75, 3.05) is 7.11 Å². The van der Waals surface area contributed by atoms with Crippen LogP contribution >= 0.6 is 0 Å². The molecule has 0 bridgehead atoms. The highest BCUT2D eigenvalue weighted by Crippen LogP contribution is 2.48. The molecule has 2 saturated carbocycles. The minimum absolute atomic E-state index is 0.189. The van der Waals surface area contributed by atoms with Crippen molar-refractivity contribution in [1.29, 1.82) is 0 Å². The van der Waals surface area contributed by atoms with Crippen molar-refractivity contribution >= 4 is 5.97 Å². The monoisotopic (exact) mass is 246 g/mol. The second-order valence-corrected chi connectivity index (χ2v) is 5.36. The summed E-state index contributed by atoms with van der Waals surface area (Å²) in [5, 5.41) is 0. The van der Waals surface area contributed by atoms with Crippen LogP contribution in [0.2, 0.25) is 0 Å². The SMILES string of the molecule is COC(=O)C1(c2nccc(C3CCCC3)n2)CC1. The molecule has 18 heavy (non-hydrogen) atoms. The van der Waals surface area contributed by atoms with Gasteiger partial charge in [0.1, 0.15) is 11.2 Å². The quantitative estimate of drug-likeness (QED) is 0.768. The predicted molar refractivity (Wildman–Crippen MR) is 66.2 cm³/mol. The maximum atomic E-state index is 11.8. The van der Waals surface area contributed by atoms with Crippen LogP contribution in [0.1, 0.15) is 56.0 Å². The van der Waals surface area contributed by atoms with Gasteiger partial charge in [-0.05, 0) is 31.7 Å². The van der Waals surface area contributed by atoms with Gasteiger partial charge >= 0.3 is 5.97 Å². The van der Waals surface area contributed by atoms with E-state index in [9.17, 15) is 4.79 Å². The Hall–Kier alpha value is -1.45. The molecule has 0 unspecified atom stereocenters. The van der Waals surface area contributed by atoms with Crippen molar-refractivity contribution < 1.29 is 9.53 Å². The fourth-order valence-corrected chi connectivity index (χ4v) is 2.89. The summed E-state index contributed by atoms with van der Waals surface area (Å²) in [6.07, 6.45) is 8.40. The number of rotatable bonds is 3. The van der Waals surface area contributed by atoms with E-state index in [2.05, 4.69) is 9.97 Å². The van der Waals surface area contributed by atoms with Crippen LogP contribution in [0.25, 0.3) is 0 Å². The molecule has 4 heteroatoms. The molecule has 2 fully saturated rings. The summed E-state index contributed by atoms with van der Waals surface area (Å²) in [5.41, 5.74) is 0.566. The number of carbonyl (C=O) groups is 1. The Morgan fingerprint density at radius 2 is 2.11 bits per heavy atom. The Morgan fingerprint density at radius 1 is 1.39 bits per heavy atom. The van der Waals surface area contributed by atoms with Crippen LogP contribution in [0.15, 0.2) is 12.3 Å². The van der Waals surface area contributed by atoms with Gasteiger partial charge in [0.05, 0.1) is 7.11 Å². The molecule has 0 amide bonds. The third kappa shape index (κ3) is 1.80. The maximum Gasteiger partial charge on any atom is 0.319 e. The van der Waals surface area contributed by atoms with E-state index in [-0.39, 0.29) is 5.97 Å². The zero-order valence-corrected chi connectivity index (χ0v) is 10.7. The average Bonchev–Trinajstić information content (AvgIpc) is 3.05. The van der Waals surface area contributed by atoms with Gasteiger partial charge in [0, 0.05) is 17.8 Å². The van der Waals surface area contributed by atoms with Crippen LogP contribution in [0.3, 0.4) is 0 Å². The maximum absolute atomic E-state index is 11.8. The summed E-state index contributed by atoms with van der Waals surface area (Å²) in [4.78, 5) is 20.8. The molecule has 0 aliphatic heterocycles. The van der Waals surface area contributed by atoms with Crippen molar-refractivity contribution in [1.82, 2.24) is 9.97 Å². The van der Waals surface area contributed by atoms with Crippen molar-refractivity contribution in [3.05, 3.63) is 23.8 Å². The van der Waals surface area contributed by atoms with Crippen LogP contribution < -0.4 is 0 Å². The molecule has 0 radical (unpaired) electrons. The Balaban J connectivity index is 1.89. The smallest absolute Gasteiger partial charge is 0.319 e. The molecule has 0 saturated heterocycles. The first-order chi connectivity index (χ1) is 8.76. The molecule has 4 nitrogen and oxygen atoms in total. The van der Waals surface area contributed by atoms with E-state index in [0.717, 1.165) is 18.5 Å². The second kappa shape index (κ2) is 4.34. The van der Waals surface area contributed by atoms with E-state index in [1.165, 1.54) is 32.8 Å². The highest BCUT2D eigenvalue weighted by atomic mass is 16.5. The summed E-state index contributed by atoms with van der Waals surface area (Å²) >= 11 is 0. The zero-order valence-electron chi connectivity index (χ0n) is 10.7. The molecular formula is C14H18N2O2. The first kappa shape index (κ1) is 11.6. The highest BCUT2D eigenvalue weighted by Gasteiger charge is 2.55. The fourth-order valence-electron chi connectivity index (χ4n) is 2.89. The molecule has 0 spiro atoms. The first-order valence-electron chi connectivity index (χ1n) is 6.68. The molecule has 0 aromatic carbocycles. The molecule has 2 aliphatic carbocycles.